The van der Waals surface area contributed by atoms with Gasteiger partial charge in [0, 0.05) is 47.7 Å². The summed E-state index contributed by atoms with van der Waals surface area (Å²) in [6.45, 7) is 14.4. The van der Waals surface area contributed by atoms with Crippen LogP contribution in [0.5, 0.6) is 0 Å². The maximum Gasteiger partial charge on any atom is 0.159 e. The van der Waals surface area contributed by atoms with E-state index in [0.717, 1.165) is 39.0 Å². The predicted molar refractivity (Wildman–Crippen MR) is 265 cm³/mol. The topological polar surface area (TPSA) is 16.4 Å². The smallest absolute Gasteiger partial charge is 0.159 e. The van der Waals surface area contributed by atoms with Gasteiger partial charge in [0.05, 0.1) is 5.69 Å². The highest BCUT2D eigenvalue weighted by Gasteiger charge is 2.38. The first-order valence-corrected chi connectivity index (χ1v) is 22.9. The molecule has 2 nitrogen and oxygen atoms in total. The molecule has 2 heterocycles. The highest BCUT2D eigenvalue weighted by atomic mass is 32.1. The van der Waals surface area contributed by atoms with E-state index in [1.165, 1.54) is 88.6 Å². The third-order valence-electron chi connectivity index (χ3n) is 14.6. The number of hydrogen-bond acceptors (Lipinski definition) is 3. The van der Waals surface area contributed by atoms with Gasteiger partial charge < -0.3 is 9.32 Å². The van der Waals surface area contributed by atoms with Gasteiger partial charge in [0.25, 0.3) is 0 Å². The van der Waals surface area contributed by atoms with Crippen molar-refractivity contribution in [3.8, 4) is 33.4 Å². The summed E-state index contributed by atoms with van der Waals surface area (Å²) >= 11 is 1.94. The van der Waals surface area contributed by atoms with Gasteiger partial charge in [0.2, 0.25) is 0 Å². The Bertz CT molecular complexity index is 3470. The van der Waals surface area contributed by atoms with Crippen LogP contribution in [0.25, 0.3) is 75.5 Å². The molecule has 0 fully saturated rings. The van der Waals surface area contributed by atoms with Crippen LogP contribution in [0.2, 0.25) is 0 Å². The van der Waals surface area contributed by atoms with E-state index in [-0.39, 0.29) is 16.2 Å². The summed E-state index contributed by atoms with van der Waals surface area (Å²) in [5, 5.41) is 4.97. The van der Waals surface area contributed by atoms with E-state index in [1.54, 1.807) is 0 Å². The van der Waals surface area contributed by atoms with Crippen molar-refractivity contribution in [3.63, 3.8) is 0 Å². The van der Waals surface area contributed by atoms with Crippen LogP contribution >= 0.6 is 11.3 Å². The van der Waals surface area contributed by atoms with Crippen LogP contribution in [0.3, 0.4) is 0 Å². The first-order valence-electron chi connectivity index (χ1n) is 22.1. The number of benzene rings is 8. The highest BCUT2D eigenvalue weighted by Crippen LogP contribution is 2.53. The second-order valence-corrected chi connectivity index (χ2v) is 20.6. The predicted octanol–water partition coefficient (Wildman–Crippen LogP) is 17.4. The molecule has 0 spiro atoms. The van der Waals surface area contributed by atoms with E-state index in [4.69, 9.17) is 4.42 Å². The van der Waals surface area contributed by atoms with Gasteiger partial charge in [0.1, 0.15) is 5.58 Å². The Morgan fingerprint density at radius 1 is 0.452 bits per heavy atom. The van der Waals surface area contributed by atoms with Crippen LogP contribution in [-0.4, -0.2) is 0 Å². The second-order valence-electron chi connectivity index (χ2n) is 19.5. The van der Waals surface area contributed by atoms with Crippen molar-refractivity contribution in [3.05, 3.63) is 186 Å². The van der Waals surface area contributed by atoms with Crippen molar-refractivity contribution in [1.82, 2.24) is 0 Å². The quantitative estimate of drug-likeness (QED) is 0.172. The molecule has 0 bridgehead atoms. The largest absolute Gasteiger partial charge is 0.454 e. The van der Waals surface area contributed by atoms with Gasteiger partial charge in [-0.2, -0.15) is 0 Å². The van der Waals surface area contributed by atoms with E-state index < -0.39 is 0 Å². The fourth-order valence-electron chi connectivity index (χ4n) is 11.1. The molecule has 0 radical (unpaired) electrons. The van der Waals surface area contributed by atoms with Crippen LogP contribution < -0.4 is 4.90 Å². The molecule has 0 saturated carbocycles. The number of para-hydroxylation sites is 2. The minimum atomic E-state index is -0.141. The van der Waals surface area contributed by atoms with Gasteiger partial charge in [-0.15, -0.1) is 11.3 Å². The monoisotopic (exact) mass is 819 g/mol. The van der Waals surface area contributed by atoms with E-state index in [9.17, 15) is 0 Å². The maximum absolute atomic E-state index is 6.77. The normalized spacial score (nSPS) is 15.8. The molecule has 0 N–H and O–H groups in total. The fourth-order valence-corrected chi connectivity index (χ4v) is 12.2. The van der Waals surface area contributed by atoms with Crippen LogP contribution in [0.1, 0.15) is 76.6 Å². The average Bonchev–Trinajstić information content (AvgIpc) is 3.93. The van der Waals surface area contributed by atoms with Crippen molar-refractivity contribution < 1.29 is 4.42 Å². The lowest BCUT2D eigenvalue weighted by Crippen LogP contribution is -2.33. The molecule has 10 aromatic rings. The molecule has 2 aliphatic carbocycles. The standard InChI is InChI=1S/C59H49NOS/c1-57(2)30-31-58(3,4)50-35-54-46(34-49(50)57)55-44(22-15-27-53(55)62-54)40-19-8-7-18-39(40)36-16-13-17-37(32-36)60(51-25-14-23-45-43-21-10-12-26-52(43)61-56(45)51)38-28-29-42-41-20-9-11-24-47(41)59(5,6)48(42)33-38/h7-29,32-35H,30-31H2,1-6H3. The molecule has 2 aromatic heterocycles. The number of nitrogens with zero attached hydrogens (tertiary/aromatic N) is 1. The van der Waals surface area contributed by atoms with Crippen molar-refractivity contribution >= 4 is 70.5 Å². The Balaban J connectivity index is 1.05. The number of hydrogen-bond donors (Lipinski definition) is 0. The third-order valence-corrected chi connectivity index (χ3v) is 15.7. The zero-order chi connectivity index (χ0) is 42.1. The molecule has 2 aliphatic rings. The lowest BCUT2D eigenvalue weighted by Gasteiger charge is -2.41. The van der Waals surface area contributed by atoms with Crippen molar-refractivity contribution in [2.24, 2.45) is 0 Å². The number of fused-ring (bicyclic) bond motifs is 10. The lowest BCUT2D eigenvalue weighted by atomic mass is 9.63. The molecule has 0 atom stereocenters. The summed E-state index contributed by atoms with van der Waals surface area (Å²) in [7, 11) is 0. The van der Waals surface area contributed by atoms with E-state index in [2.05, 4.69) is 210 Å². The molecule has 12 rings (SSSR count). The average molecular weight is 820 g/mol. The summed E-state index contributed by atoms with van der Waals surface area (Å²) < 4.78 is 9.49. The van der Waals surface area contributed by atoms with Gasteiger partial charge in [-0.1, -0.05) is 151 Å². The maximum atomic E-state index is 6.77. The molecule has 0 aliphatic heterocycles. The molecular weight excluding hydrogens is 771 g/mol. The van der Waals surface area contributed by atoms with Crippen LogP contribution in [-0.2, 0) is 16.2 Å². The molecule has 302 valence electrons. The van der Waals surface area contributed by atoms with Gasteiger partial charge in [-0.3, -0.25) is 0 Å². The summed E-state index contributed by atoms with van der Waals surface area (Å²) in [4.78, 5) is 2.41. The Kier molecular flexibility index (Phi) is 8.01. The molecule has 8 aromatic carbocycles. The van der Waals surface area contributed by atoms with Gasteiger partial charge in [0.15, 0.2) is 5.58 Å². The molecule has 0 saturated heterocycles. The summed E-state index contributed by atoms with van der Waals surface area (Å²) in [5.41, 5.74) is 18.4. The zero-order valence-corrected chi connectivity index (χ0v) is 37.1. The number of thiophene rings is 1. The zero-order valence-electron chi connectivity index (χ0n) is 36.3. The SMILES string of the molecule is CC1(C)CCC(C)(C)c2cc3c(cc21)sc1cccc(-c2ccccc2-c2cccc(N(c4ccc5c(c4)C(C)(C)c4ccccc4-5)c4cccc5c4oc4ccccc45)c2)c13. The van der Waals surface area contributed by atoms with Crippen LogP contribution in [0.4, 0.5) is 17.1 Å². The molecule has 62 heavy (non-hydrogen) atoms. The summed E-state index contributed by atoms with van der Waals surface area (Å²) in [5.74, 6) is 0. The minimum Gasteiger partial charge on any atom is -0.454 e. The van der Waals surface area contributed by atoms with Crippen molar-refractivity contribution in [2.45, 2.75) is 70.6 Å². The summed E-state index contributed by atoms with van der Waals surface area (Å²) in [6, 6.07) is 61.0. The molecular formula is C59H49NOS. The highest BCUT2D eigenvalue weighted by molar-refractivity contribution is 7.26. The first-order chi connectivity index (χ1) is 30.0. The van der Waals surface area contributed by atoms with Crippen molar-refractivity contribution in [1.29, 1.82) is 0 Å². The number of furan rings is 1. The van der Waals surface area contributed by atoms with Crippen LogP contribution in [0.15, 0.2) is 168 Å². The fraction of sp³-hybridized carbons (Fsp3) is 0.186. The number of anilines is 3. The van der Waals surface area contributed by atoms with Gasteiger partial charge in [-0.05, 0) is 134 Å². The summed E-state index contributed by atoms with van der Waals surface area (Å²) in [6.07, 6.45) is 2.41. The van der Waals surface area contributed by atoms with Crippen LogP contribution in [0, 0.1) is 0 Å². The lowest BCUT2D eigenvalue weighted by molar-refractivity contribution is 0.332. The minimum absolute atomic E-state index is 0.137. The Morgan fingerprint density at radius 3 is 1.94 bits per heavy atom. The van der Waals surface area contributed by atoms with E-state index in [1.807, 2.05) is 11.3 Å². The Hall–Kier alpha value is -6.42. The third kappa shape index (κ3) is 5.47. The van der Waals surface area contributed by atoms with Gasteiger partial charge >= 0.3 is 0 Å². The second kappa shape index (κ2) is 13.3. The Labute approximate surface area is 368 Å². The van der Waals surface area contributed by atoms with Gasteiger partial charge in [-0.25, -0.2) is 0 Å². The van der Waals surface area contributed by atoms with Crippen molar-refractivity contribution in [2.75, 3.05) is 4.90 Å². The molecule has 3 heteroatoms. The Morgan fingerprint density at radius 2 is 1.10 bits per heavy atom. The molecule has 0 unspecified atom stereocenters. The van der Waals surface area contributed by atoms with E-state index in [0.29, 0.717) is 0 Å². The molecule has 0 amide bonds. The van der Waals surface area contributed by atoms with E-state index >= 15 is 0 Å². The number of rotatable bonds is 5. The first kappa shape index (κ1) is 37.4.